The van der Waals surface area contributed by atoms with Crippen molar-refractivity contribution in [2.45, 2.75) is 56.9 Å². The molecule has 7 heteroatoms. The zero-order valence-corrected chi connectivity index (χ0v) is 17.1. The second-order valence-electron chi connectivity index (χ2n) is 8.72. The fourth-order valence-electron chi connectivity index (χ4n) is 5.53. The summed E-state index contributed by atoms with van der Waals surface area (Å²) in [6, 6.07) is 9.46. The van der Waals surface area contributed by atoms with Crippen LogP contribution in [0.15, 0.2) is 24.4 Å². The van der Waals surface area contributed by atoms with Gasteiger partial charge in [0.25, 0.3) is 0 Å². The molecule has 3 fully saturated rings. The van der Waals surface area contributed by atoms with E-state index in [9.17, 15) is 5.26 Å². The van der Waals surface area contributed by atoms with Crippen LogP contribution in [0.4, 0.5) is 5.69 Å². The largest absolute Gasteiger partial charge is 0.370 e. The number of nitriles is 1. The van der Waals surface area contributed by atoms with Gasteiger partial charge in [-0.3, -0.25) is 4.90 Å². The first-order valence-electron chi connectivity index (χ1n) is 11.0. The third-order valence-corrected chi connectivity index (χ3v) is 6.73. The number of aromatic nitrogens is 2. The van der Waals surface area contributed by atoms with E-state index in [2.05, 4.69) is 39.3 Å². The average Bonchev–Trinajstić information content (AvgIpc) is 3.23. The fraction of sp³-hybridized carbons (Fsp3) is 0.636. The van der Waals surface area contributed by atoms with E-state index in [4.69, 9.17) is 4.74 Å². The Morgan fingerprint density at radius 2 is 2.17 bits per heavy atom. The molecule has 5 rings (SSSR count). The number of hydrogen-bond donors (Lipinski definition) is 1. The molecule has 0 spiro atoms. The topological polar surface area (TPSA) is 68.8 Å². The number of anilines is 1. The minimum atomic E-state index is 0.178. The Labute approximate surface area is 172 Å². The summed E-state index contributed by atoms with van der Waals surface area (Å²) in [7, 11) is 0. The summed E-state index contributed by atoms with van der Waals surface area (Å²) in [5.41, 5.74) is 2.69. The van der Waals surface area contributed by atoms with Crippen LogP contribution in [0.5, 0.6) is 0 Å². The van der Waals surface area contributed by atoms with Crippen LogP contribution in [0.3, 0.4) is 0 Å². The number of pyridine rings is 1. The highest BCUT2D eigenvalue weighted by atomic mass is 16.5. The van der Waals surface area contributed by atoms with E-state index in [-0.39, 0.29) is 12.2 Å². The molecule has 2 aromatic heterocycles. The van der Waals surface area contributed by atoms with Crippen molar-refractivity contribution in [3.05, 3.63) is 30.1 Å². The van der Waals surface area contributed by atoms with Gasteiger partial charge in [0.2, 0.25) is 0 Å². The molecule has 0 aromatic carbocycles. The van der Waals surface area contributed by atoms with Crippen LogP contribution in [0, 0.1) is 11.3 Å². The minimum Gasteiger partial charge on any atom is -0.370 e. The number of fused-ring (bicyclic) bond motifs is 2. The maximum atomic E-state index is 9.36. The summed E-state index contributed by atoms with van der Waals surface area (Å²) in [6.45, 7) is 7.24. The molecule has 7 nitrogen and oxygen atoms in total. The number of piperidine rings is 2. The zero-order valence-electron chi connectivity index (χ0n) is 17.1. The molecule has 0 radical (unpaired) electrons. The second kappa shape index (κ2) is 7.94. The second-order valence-corrected chi connectivity index (χ2v) is 8.72. The first-order chi connectivity index (χ1) is 14.2. The summed E-state index contributed by atoms with van der Waals surface area (Å²) in [4.78, 5) is 5.09. The SMILES string of the molecule is C[C@@H]1CN(c2ccc(C#N)n3nccc23)C[C@H](CN2CCCC3NCCCC32)O1. The number of ether oxygens (including phenoxy) is 1. The van der Waals surface area contributed by atoms with Crippen molar-refractivity contribution < 1.29 is 4.74 Å². The molecule has 2 unspecified atom stereocenters. The van der Waals surface area contributed by atoms with E-state index in [1.807, 2.05) is 12.1 Å². The fourth-order valence-corrected chi connectivity index (χ4v) is 5.53. The molecule has 2 aromatic rings. The van der Waals surface area contributed by atoms with Crippen molar-refractivity contribution in [2.75, 3.05) is 37.6 Å². The van der Waals surface area contributed by atoms with Crippen LogP contribution >= 0.6 is 0 Å². The summed E-state index contributed by atoms with van der Waals surface area (Å²) in [5.74, 6) is 0. The quantitative estimate of drug-likeness (QED) is 0.859. The lowest BCUT2D eigenvalue weighted by Gasteiger charge is -2.47. The molecule has 0 amide bonds. The van der Waals surface area contributed by atoms with E-state index in [1.165, 1.54) is 38.8 Å². The monoisotopic (exact) mass is 394 g/mol. The standard InChI is InChI=1S/C22H30N6O/c1-16-13-27(21-7-6-17(12-23)28-22(21)8-10-25-28)15-18(29-16)14-26-11-3-4-19-20(26)5-2-9-24-19/h6-8,10,16,18-20,24H,2-5,9,11,13-15H2,1H3/t16-,18+,19?,20?/m1/s1. The average molecular weight is 395 g/mol. The van der Waals surface area contributed by atoms with Crippen LogP contribution in [-0.2, 0) is 4.74 Å². The lowest BCUT2D eigenvalue weighted by Crippen LogP contribution is -2.60. The Kier molecular flexibility index (Phi) is 5.17. The first-order valence-corrected chi connectivity index (χ1v) is 11.0. The van der Waals surface area contributed by atoms with Crippen LogP contribution in [-0.4, -0.2) is 71.5 Å². The van der Waals surface area contributed by atoms with Gasteiger partial charge in [-0.05, 0) is 63.9 Å². The molecule has 3 aliphatic heterocycles. The number of hydrogen-bond acceptors (Lipinski definition) is 6. The lowest BCUT2D eigenvalue weighted by molar-refractivity contribution is -0.0479. The molecule has 29 heavy (non-hydrogen) atoms. The number of nitrogens with zero attached hydrogens (tertiary/aromatic N) is 5. The smallest absolute Gasteiger partial charge is 0.142 e. The molecule has 154 valence electrons. The third-order valence-electron chi connectivity index (χ3n) is 6.73. The van der Waals surface area contributed by atoms with Crippen LogP contribution in [0.1, 0.15) is 38.3 Å². The van der Waals surface area contributed by atoms with Gasteiger partial charge in [0.1, 0.15) is 11.8 Å². The Morgan fingerprint density at radius 1 is 1.24 bits per heavy atom. The highest BCUT2D eigenvalue weighted by Gasteiger charge is 2.36. The Bertz CT molecular complexity index is 902. The number of likely N-dealkylation sites (tertiary alicyclic amines) is 1. The van der Waals surface area contributed by atoms with Gasteiger partial charge in [-0.15, -0.1) is 0 Å². The van der Waals surface area contributed by atoms with Gasteiger partial charge in [-0.25, -0.2) is 4.52 Å². The minimum absolute atomic E-state index is 0.178. The highest BCUT2D eigenvalue weighted by Crippen LogP contribution is 2.29. The highest BCUT2D eigenvalue weighted by molar-refractivity contribution is 5.74. The lowest BCUT2D eigenvalue weighted by atomic mass is 9.89. The summed E-state index contributed by atoms with van der Waals surface area (Å²) in [6.07, 6.45) is 7.29. The van der Waals surface area contributed by atoms with Gasteiger partial charge < -0.3 is 15.0 Å². The number of morpholine rings is 1. The number of rotatable bonds is 3. The van der Waals surface area contributed by atoms with Crippen molar-refractivity contribution in [1.82, 2.24) is 19.8 Å². The van der Waals surface area contributed by atoms with Crippen LogP contribution in [0.2, 0.25) is 0 Å². The first kappa shape index (κ1) is 18.9. The van der Waals surface area contributed by atoms with Crippen molar-refractivity contribution in [3.63, 3.8) is 0 Å². The molecule has 4 atom stereocenters. The maximum Gasteiger partial charge on any atom is 0.142 e. The molecule has 3 aliphatic rings. The van der Waals surface area contributed by atoms with Crippen molar-refractivity contribution >= 4 is 11.2 Å². The van der Waals surface area contributed by atoms with Gasteiger partial charge in [0, 0.05) is 31.7 Å². The van der Waals surface area contributed by atoms with Gasteiger partial charge in [-0.2, -0.15) is 10.4 Å². The number of nitrogens with one attached hydrogen (secondary N) is 1. The van der Waals surface area contributed by atoms with E-state index >= 15 is 0 Å². The molecule has 1 N–H and O–H groups in total. The molecule has 0 aliphatic carbocycles. The van der Waals surface area contributed by atoms with Crippen LogP contribution < -0.4 is 10.2 Å². The Hall–Kier alpha value is -2.14. The Morgan fingerprint density at radius 3 is 3.07 bits per heavy atom. The van der Waals surface area contributed by atoms with E-state index in [1.54, 1.807) is 10.7 Å². The molecule has 3 saturated heterocycles. The van der Waals surface area contributed by atoms with Crippen LogP contribution in [0.25, 0.3) is 5.52 Å². The third kappa shape index (κ3) is 3.61. The predicted octanol–water partition coefficient (Wildman–Crippen LogP) is 2.02. The molecule has 0 bridgehead atoms. The van der Waals surface area contributed by atoms with E-state index < -0.39 is 0 Å². The Balaban J connectivity index is 1.35. The van der Waals surface area contributed by atoms with E-state index in [0.29, 0.717) is 17.8 Å². The summed E-state index contributed by atoms with van der Waals surface area (Å²) < 4.78 is 8.12. The predicted molar refractivity (Wildman–Crippen MR) is 112 cm³/mol. The van der Waals surface area contributed by atoms with Gasteiger partial charge in [-0.1, -0.05) is 0 Å². The van der Waals surface area contributed by atoms with E-state index in [0.717, 1.165) is 30.8 Å². The van der Waals surface area contributed by atoms with Crippen molar-refractivity contribution in [3.8, 4) is 6.07 Å². The molecule has 5 heterocycles. The molecular formula is C22H30N6O. The normalized spacial score (nSPS) is 30.8. The van der Waals surface area contributed by atoms with Gasteiger partial charge in [0.05, 0.1) is 29.6 Å². The van der Waals surface area contributed by atoms with Gasteiger partial charge in [0.15, 0.2) is 0 Å². The summed E-state index contributed by atoms with van der Waals surface area (Å²) >= 11 is 0. The maximum absolute atomic E-state index is 9.36. The zero-order chi connectivity index (χ0) is 19.8. The molecule has 0 saturated carbocycles. The summed E-state index contributed by atoms with van der Waals surface area (Å²) in [5, 5.41) is 17.4. The molecular weight excluding hydrogens is 364 g/mol. The van der Waals surface area contributed by atoms with Crippen molar-refractivity contribution in [1.29, 1.82) is 5.26 Å². The van der Waals surface area contributed by atoms with Gasteiger partial charge >= 0.3 is 0 Å². The van der Waals surface area contributed by atoms with Crippen molar-refractivity contribution in [2.24, 2.45) is 0 Å².